The molecule has 1 rings (SSSR count). The SMILES string of the molecule is CC.NNc1ccccc1.[HH].[HH]. The molecule has 0 spiro atoms. The fraction of sp³-hybridized carbons (Fsp3) is 0.250. The standard InChI is InChI=1S/C6H8N2.C2H6.2H2/c7-8-6-4-2-1-3-5-6;1-2;;/h1-5,8H,7H2;1-2H3;2*1H. The van der Waals surface area contributed by atoms with Crippen LogP contribution in [0.5, 0.6) is 0 Å². The summed E-state index contributed by atoms with van der Waals surface area (Å²) in [6.07, 6.45) is 0. The molecular formula is C8H18N2. The van der Waals surface area contributed by atoms with E-state index >= 15 is 0 Å². The Hall–Kier alpha value is -1.02. The summed E-state index contributed by atoms with van der Waals surface area (Å²) in [5, 5.41) is 0. The fourth-order valence-electron chi connectivity index (χ4n) is 0.534. The van der Waals surface area contributed by atoms with E-state index in [4.69, 9.17) is 5.84 Å². The first-order valence-corrected chi connectivity index (χ1v) is 3.45. The average Bonchev–Trinajstić information content (AvgIpc) is 2.10. The van der Waals surface area contributed by atoms with Gasteiger partial charge in [-0.25, -0.2) is 0 Å². The minimum absolute atomic E-state index is 0. The van der Waals surface area contributed by atoms with Crippen molar-refractivity contribution in [3.8, 4) is 0 Å². The monoisotopic (exact) mass is 142 g/mol. The van der Waals surface area contributed by atoms with Crippen LogP contribution in [0.2, 0.25) is 0 Å². The van der Waals surface area contributed by atoms with Gasteiger partial charge in [0, 0.05) is 8.54 Å². The van der Waals surface area contributed by atoms with Crippen LogP contribution in [0.25, 0.3) is 0 Å². The molecule has 0 heterocycles. The van der Waals surface area contributed by atoms with E-state index in [9.17, 15) is 0 Å². The molecule has 1 aromatic rings. The van der Waals surface area contributed by atoms with Gasteiger partial charge in [0.05, 0.1) is 0 Å². The smallest absolute Gasteiger partial charge is 0.0485 e. The normalized spacial score (nSPS) is 7.50. The molecule has 2 nitrogen and oxygen atoms in total. The van der Waals surface area contributed by atoms with E-state index in [0.29, 0.717) is 0 Å². The Kier molecular flexibility index (Phi) is 5.48. The number of anilines is 1. The van der Waals surface area contributed by atoms with Crippen LogP contribution < -0.4 is 11.3 Å². The van der Waals surface area contributed by atoms with Crippen LogP contribution in [0.3, 0.4) is 0 Å². The topological polar surface area (TPSA) is 38.0 Å². The van der Waals surface area contributed by atoms with Crippen LogP contribution in [0.1, 0.15) is 16.7 Å². The zero-order valence-corrected chi connectivity index (χ0v) is 6.46. The summed E-state index contributed by atoms with van der Waals surface area (Å²) in [6.45, 7) is 4.00. The predicted octanol–water partition coefficient (Wildman–Crippen LogP) is 2.49. The second-order valence-electron chi connectivity index (χ2n) is 1.51. The number of nitrogens with two attached hydrogens (primary N) is 1. The second-order valence-corrected chi connectivity index (χ2v) is 1.51. The zero-order chi connectivity index (χ0) is 7.82. The number of hydrogen-bond donors (Lipinski definition) is 2. The van der Waals surface area contributed by atoms with Gasteiger partial charge in [0.15, 0.2) is 0 Å². The zero-order valence-electron chi connectivity index (χ0n) is 6.46. The third-order valence-electron chi connectivity index (χ3n) is 0.940. The van der Waals surface area contributed by atoms with Gasteiger partial charge in [-0.3, -0.25) is 5.84 Å². The van der Waals surface area contributed by atoms with Crippen LogP contribution >= 0.6 is 0 Å². The van der Waals surface area contributed by atoms with Gasteiger partial charge >= 0.3 is 0 Å². The van der Waals surface area contributed by atoms with Crippen LogP contribution in [0.15, 0.2) is 30.3 Å². The molecule has 0 aromatic heterocycles. The summed E-state index contributed by atoms with van der Waals surface area (Å²) < 4.78 is 0. The lowest BCUT2D eigenvalue weighted by Gasteiger charge is -1.94. The first kappa shape index (κ1) is 8.98. The van der Waals surface area contributed by atoms with Crippen molar-refractivity contribution in [2.75, 3.05) is 5.43 Å². The number of hydrazine groups is 1. The Balaban J connectivity index is -0.000000189. The first-order chi connectivity index (χ1) is 4.93. The quantitative estimate of drug-likeness (QED) is 0.467. The van der Waals surface area contributed by atoms with Gasteiger partial charge < -0.3 is 5.43 Å². The number of hydrogen-bond acceptors (Lipinski definition) is 2. The van der Waals surface area contributed by atoms with Gasteiger partial charge in [0.25, 0.3) is 0 Å². The highest BCUT2D eigenvalue weighted by atomic mass is 15.2. The van der Waals surface area contributed by atoms with E-state index in [1.807, 2.05) is 44.2 Å². The van der Waals surface area contributed by atoms with E-state index in [2.05, 4.69) is 5.43 Å². The van der Waals surface area contributed by atoms with Crippen molar-refractivity contribution in [1.29, 1.82) is 0 Å². The molecule has 0 radical (unpaired) electrons. The molecule has 0 amide bonds. The van der Waals surface area contributed by atoms with Gasteiger partial charge in [0.1, 0.15) is 0 Å². The van der Waals surface area contributed by atoms with E-state index in [0.717, 1.165) is 5.69 Å². The molecular weight excluding hydrogens is 124 g/mol. The lowest BCUT2D eigenvalue weighted by atomic mass is 10.3. The summed E-state index contributed by atoms with van der Waals surface area (Å²) in [7, 11) is 0. The summed E-state index contributed by atoms with van der Waals surface area (Å²) in [4.78, 5) is 0. The maximum Gasteiger partial charge on any atom is 0.0485 e. The highest BCUT2D eigenvalue weighted by Gasteiger charge is 1.78. The molecule has 3 N–H and O–H groups in total. The molecule has 1 aromatic carbocycles. The molecule has 0 unspecified atom stereocenters. The van der Waals surface area contributed by atoms with Gasteiger partial charge in [-0.05, 0) is 12.1 Å². The second kappa shape index (κ2) is 6.11. The van der Waals surface area contributed by atoms with Gasteiger partial charge in [-0.2, -0.15) is 0 Å². The first-order valence-electron chi connectivity index (χ1n) is 3.45. The highest BCUT2D eigenvalue weighted by Crippen LogP contribution is 2.00. The molecule has 0 aliphatic rings. The number of benzene rings is 1. The molecule has 2 heteroatoms. The highest BCUT2D eigenvalue weighted by molar-refractivity contribution is 5.40. The van der Waals surface area contributed by atoms with Crippen molar-refractivity contribution >= 4 is 5.69 Å². The summed E-state index contributed by atoms with van der Waals surface area (Å²) in [5.74, 6) is 5.10. The summed E-state index contributed by atoms with van der Waals surface area (Å²) in [6, 6.07) is 9.60. The van der Waals surface area contributed by atoms with Crippen LogP contribution in [0, 0.1) is 0 Å². The van der Waals surface area contributed by atoms with Gasteiger partial charge in [-0.15, -0.1) is 0 Å². The maximum atomic E-state index is 5.10. The lowest BCUT2D eigenvalue weighted by Crippen LogP contribution is -2.05. The number of nitrogens with one attached hydrogen (secondary N) is 1. The largest absolute Gasteiger partial charge is 0.324 e. The maximum absolute atomic E-state index is 5.10. The minimum Gasteiger partial charge on any atom is -0.324 e. The predicted molar refractivity (Wildman–Crippen MR) is 49.8 cm³/mol. The van der Waals surface area contributed by atoms with Gasteiger partial charge in [-0.1, -0.05) is 32.0 Å². The van der Waals surface area contributed by atoms with Crippen molar-refractivity contribution in [2.45, 2.75) is 13.8 Å². The van der Waals surface area contributed by atoms with Gasteiger partial charge in [0.2, 0.25) is 0 Å². The molecule has 0 bridgehead atoms. The van der Waals surface area contributed by atoms with Crippen molar-refractivity contribution in [3.05, 3.63) is 30.3 Å². The van der Waals surface area contributed by atoms with E-state index in [1.165, 1.54) is 0 Å². The molecule has 0 aliphatic heterocycles. The average molecular weight is 142 g/mol. The molecule has 60 valence electrons. The Morgan fingerprint density at radius 3 is 2.00 bits per heavy atom. The number of nitrogen functional groups attached to an aromatic ring is 1. The fourth-order valence-corrected chi connectivity index (χ4v) is 0.534. The third-order valence-corrected chi connectivity index (χ3v) is 0.940. The Bertz CT molecular complexity index is 156. The Morgan fingerprint density at radius 2 is 1.70 bits per heavy atom. The minimum atomic E-state index is 0. The van der Waals surface area contributed by atoms with E-state index in [-0.39, 0.29) is 2.85 Å². The van der Waals surface area contributed by atoms with E-state index < -0.39 is 0 Å². The lowest BCUT2D eigenvalue weighted by molar-refractivity contribution is 1.35. The number of rotatable bonds is 1. The molecule has 0 saturated carbocycles. The Morgan fingerprint density at radius 1 is 1.20 bits per heavy atom. The summed E-state index contributed by atoms with van der Waals surface area (Å²) in [5.41, 5.74) is 3.46. The molecule has 0 aliphatic carbocycles. The number of para-hydroxylation sites is 1. The van der Waals surface area contributed by atoms with Crippen LogP contribution in [0.4, 0.5) is 5.69 Å². The van der Waals surface area contributed by atoms with Crippen LogP contribution in [-0.4, -0.2) is 0 Å². The summed E-state index contributed by atoms with van der Waals surface area (Å²) >= 11 is 0. The van der Waals surface area contributed by atoms with E-state index in [1.54, 1.807) is 0 Å². The van der Waals surface area contributed by atoms with Crippen molar-refractivity contribution in [2.24, 2.45) is 5.84 Å². The molecule has 0 saturated heterocycles. The molecule has 10 heavy (non-hydrogen) atoms. The van der Waals surface area contributed by atoms with Crippen molar-refractivity contribution in [1.82, 2.24) is 0 Å². The Labute approximate surface area is 65.0 Å². The third kappa shape index (κ3) is 3.10. The van der Waals surface area contributed by atoms with Crippen molar-refractivity contribution in [3.63, 3.8) is 0 Å². The van der Waals surface area contributed by atoms with Crippen LogP contribution in [-0.2, 0) is 0 Å². The van der Waals surface area contributed by atoms with Crippen molar-refractivity contribution < 1.29 is 2.85 Å². The molecule has 0 fully saturated rings. The molecule has 0 atom stereocenters.